The van der Waals surface area contributed by atoms with Crippen LogP contribution in [0.25, 0.3) is 0 Å². The van der Waals surface area contributed by atoms with Crippen molar-refractivity contribution in [2.24, 2.45) is 0 Å². The molecular weight excluding hydrogens is 366 g/mol. The molecule has 0 radical (unpaired) electrons. The van der Waals surface area contributed by atoms with Gasteiger partial charge in [0.15, 0.2) is 5.82 Å². The van der Waals surface area contributed by atoms with Gasteiger partial charge in [-0.3, -0.25) is 9.89 Å². The molecule has 1 fully saturated rings. The van der Waals surface area contributed by atoms with Gasteiger partial charge in [0.25, 0.3) is 0 Å². The quantitative estimate of drug-likeness (QED) is 0.701. The van der Waals surface area contributed by atoms with Gasteiger partial charge in [0, 0.05) is 34.8 Å². The molecule has 2 atom stereocenters. The SMILES string of the molecule is Cc1ncc(CC(=O)Nc2cc([C@H]3CCC(OC(=O)NC(C)C)C3)[nH]n2)s1. The third kappa shape index (κ3) is 5.53. The number of ether oxygens (including phenoxy) is 1. The molecule has 146 valence electrons. The molecule has 2 aromatic rings. The van der Waals surface area contributed by atoms with Gasteiger partial charge in [-0.05, 0) is 40.0 Å². The van der Waals surface area contributed by atoms with Gasteiger partial charge < -0.3 is 15.4 Å². The van der Waals surface area contributed by atoms with Crippen molar-refractivity contribution in [3.63, 3.8) is 0 Å². The summed E-state index contributed by atoms with van der Waals surface area (Å²) in [5, 5.41) is 13.7. The summed E-state index contributed by atoms with van der Waals surface area (Å²) in [6.07, 6.45) is 4.04. The summed E-state index contributed by atoms with van der Waals surface area (Å²) in [5.41, 5.74) is 0.953. The standard InChI is InChI=1S/C18H25N5O3S/c1-10(2)20-18(25)26-13-5-4-12(6-13)15-8-16(23-22-15)21-17(24)7-14-9-19-11(3)27-14/h8-10,12-13H,4-7H2,1-3H3,(H,20,25)(H2,21,22,23,24)/t12-,13?/m0/s1. The smallest absolute Gasteiger partial charge is 0.407 e. The van der Waals surface area contributed by atoms with E-state index in [1.165, 1.54) is 11.3 Å². The predicted molar refractivity (Wildman–Crippen MR) is 103 cm³/mol. The molecule has 0 aliphatic heterocycles. The van der Waals surface area contributed by atoms with E-state index in [2.05, 4.69) is 25.8 Å². The summed E-state index contributed by atoms with van der Waals surface area (Å²) in [4.78, 5) is 28.9. The number of nitrogens with zero attached hydrogens (tertiary/aromatic N) is 2. The normalized spacial score (nSPS) is 19.3. The molecule has 3 N–H and O–H groups in total. The predicted octanol–water partition coefficient (Wildman–Crippen LogP) is 3.13. The van der Waals surface area contributed by atoms with Crippen LogP contribution in [0.5, 0.6) is 0 Å². The van der Waals surface area contributed by atoms with Crippen LogP contribution in [0.3, 0.4) is 0 Å². The summed E-state index contributed by atoms with van der Waals surface area (Å²) >= 11 is 1.51. The number of H-pyrrole nitrogens is 1. The summed E-state index contributed by atoms with van der Waals surface area (Å²) in [6.45, 7) is 5.71. The molecule has 1 saturated carbocycles. The fourth-order valence-corrected chi connectivity index (χ4v) is 3.99. The topological polar surface area (TPSA) is 109 Å². The largest absolute Gasteiger partial charge is 0.446 e. The fourth-order valence-electron chi connectivity index (χ4n) is 3.19. The molecule has 27 heavy (non-hydrogen) atoms. The van der Waals surface area contributed by atoms with Crippen LogP contribution in [0.1, 0.15) is 54.6 Å². The van der Waals surface area contributed by atoms with Crippen molar-refractivity contribution >= 4 is 29.2 Å². The molecule has 3 rings (SSSR count). The zero-order valence-electron chi connectivity index (χ0n) is 15.7. The second-order valence-corrected chi connectivity index (χ2v) is 8.43. The Morgan fingerprint density at radius 3 is 2.93 bits per heavy atom. The van der Waals surface area contributed by atoms with Crippen LogP contribution in [0.2, 0.25) is 0 Å². The summed E-state index contributed by atoms with van der Waals surface area (Å²) in [7, 11) is 0. The first-order chi connectivity index (χ1) is 12.9. The van der Waals surface area contributed by atoms with Crippen LogP contribution in [-0.4, -0.2) is 39.3 Å². The van der Waals surface area contributed by atoms with Crippen molar-refractivity contribution in [3.05, 3.63) is 27.8 Å². The third-order valence-corrected chi connectivity index (χ3v) is 5.29. The molecule has 1 aliphatic rings. The van der Waals surface area contributed by atoms with Gasteiger partial charge in [-0.2, -0.15) is 5.10 Å². The maximum Gasteiger partial charge on any atom is 0.407 e. The lowest BCUT2D eigenvalue weighted by molar-refractivity contribution is -0.115. The van der Waals surface area contributed by atoms with Gasteiger partial charge in [-0.15, -0.1) is 11.3 Å². The number of amides is 2. The molecule has 0 spiro atoms. The first kappa shape index (κ1) is 19.3. The van der Waals surface area contributed by atoms with Crippen LogP contribution < -0.4 is 10.6 Å². The molecule has 2 aromatic heterocycles. The fraction of sp³-hybridized carbons (Fsp3) is 0.556. The number of anilines is 1. The molecule has 1 aliphatic carbocycles. The van der Waals surface area contributed by atoms with Gasteiger partial charge in [-0.25, -0.2) is 9.78 Å². The summed E-state index contributed by atoms with van der Waals surface area (Å²) in [6, 6.07) is 1.92. The maximum atomic E-state index is 12.1. The number of hydrogen-bond acceptors (Lipinski definition) is 6. The summed E-state index contributed by atoms with van der Waals surface area (Å²) in [5.74, 6) is 0.636. The van der Waals surface area contributed by atoms with Gasteiger partial charge in [0.05, 0.1) is 11.4 Å². The number of aryl methyl sites for hydroxylation is 1. The Labute approximate surface area is 162 Å². The van der Waals surface area contributed by atoms with E-state index >= 15 is 0 Å². The van der Waals surface area contributed by atoms with Crippen molar-refractivity contribution in [1.82, 2.24) is 20.5 Å². The molecule has 2 amide bonds. The molecule has 0 bridgehead atoms. The highest BCUT2D eigenvalue weighted by Gasteiger charge is 2.30. The second kappa shape index (κ2) is 8.51. The minimum absolute atomic E-state index is 0.0577. The number of thiazole rings is 1. The monoisotopic (exact) mass is 391 g/mol. The zero-order valence-corrected chi connectivity index (χ0v) is 16.6. The average molecular weight is 391 g/mol. The Bertz CT molecular complexity index is 801. The zero-order chi connectivity index (χ0) is 19.4. The number of nitrogens with one attached hydrogen (secondary N) is 3. The van der Waals surface area contributed by atoms with Crippen LogP contribution in [0, 0.1) is 6.92 Å². The maximum absolute atomic E-state index is 12.1. The van der Waals surface area contributed by atoms with Crippen LogP contribution >= 0.6 is 11.3 Å². The molecule has 8 nitrogen and oxygen atoms in total. The molecule has 9 heteroatoms. The molecule has 1 unspecified atom stereocenters. The van der Waals surface area contributed by atoms with Crippen molar-refractivity contribution in [3.8, 4) is 0 Å². The number of aromatic nitrogens is 3. The van der Waals surface area contributed by atoms with Gasteiger partial charge in [0.1, 0.15) is 6.10 Å². The highest BCUT2D eigenvalue weighted by molar-refractivity contribution is 7.11. The van der Waals surface area contributed by atoms with Gasteiger partial charge in [-0.1, -0.05) is 0 Å². The lowest BCUT2D eigenvalue weighted by Gasteiger charge is -2.14. The van der Waals surface area contributed by atoms with E-state index in [0.717, 1.165) is 34.8 Å². The van der Waals surface area contributed by atoms with Gasteiger partial charge >= 0.3 is 6.09 Å². The van der Waals surface area contributed by atoms with Crippen molar-refractivity contribution in [1.29, 1.82) is 0 Å². The highest BCUT2D eigenvalue weighted by atomic mass is 32.1. The third-order valence-electron chi connectivity index (χ3n) is 4.37. The molecule has 2 heterocycles. The number of aromatic amines is 1. The number of carbonyl (C=O) groups excluding carboxylic acids is 2. The first-order valence-corrected chi connectivity index (χ1v) is 9.94. The van der Waals surface area contributed by atoms with Crippen molar-refractivity contribution in [2.45, 2.75) is 64.5 Å². The Hall–Kier alpha value is -2.42. The first-order valence-electron chi connectivity index (χ1n) is 9.12. The minimum Gasteiger partial charge on any atom is -0.446 e. The molecule has 0 saturated heterocycles. The molecular formula is C18H25N5O3S. The van der Waals surface area contributed by atoms with Crippen LogP contribution in [-0.2, 0) is 16.0 Å². The Morgan fingerprint density at radius 2 is 2.22 bits per heavy atom. The second-order valence-electron chi connectivity index (χ2n) is 7.12. The van der Waals surface area contributed by atoms with E-state index < -0.39 is 0 Å². The van der Waals surface area contributed by atoms with E-state index in [0.29, 0.717) is 5.82 Å². The number of rotatable bonds is 6. The lowest BCUT2D eigenvalue weighted by Crippen LogP contribution is -2.33. The van der Waals surface area contributed by atoms with Crippen molar-refractivity contribution in [2.75, 3.05) is 5.32 Å². The van der Waals surface area contributed by atoms with Crippen LogP contribution in [0.15, 0.2) is 12.3 Å². The van der Waals surface area contributed by atoms with Crippen molar-refractivity contribution < 1.29 is 14.3 Å². The number of carbonyl (C=O) groups is 2. The Balaban J connectivity index is 1.49. The number of alkyl carbamates (subject to hydrolysis) is 1. The van der Waals surface area contributed by atoms with E-state index in [9.17, 15) is 9.59 Å². The lowest BCUT2D eigenvalue weighted by atomic mass is 10.0. The highest BCUT2D eigenvalue weighted by Crippen LogP contribution is 2.35. The Morgan fingerprint density at radius 1 is 1.41 bits per heavy atom. The van der Waals surface area contributed by atoms with E-state index in [4.69, 9.17) is 4.74 Å². The van der Waals surface area contributed by atoms with E-state index in [-0.39, 0.29) is 36.5 Å². The Kier molecular flexibility index (Phi) is 6.10. The minimum atomic E-state index is -0.369. The summed E-state index contributed by atoms with van der Waals surface area (Å²) < 4.78 is 5.45. The average Bonchev–Trinajstić information content (AvgIpc) is 3.28. The van der Waals surface area contributed by atoms with Gasteiger partial charge in [0.2, 0.25) is 5.91 Å². The molecule has 0 aromatic carbocycles. The van der Waals surface area contributed by atoms with Crippen LogP contribution in [0.4, 0.5) is 10.6 Å². The van der Waals surface area contributed by atoms with E-state index in [1.54, 1.807) is 6.20 Å². The number of hydrogen-bond donors (Lipinski definition) is 3. The van der Waals surface area contributed by atoms with E-state index in [1.807, 2.05) is 26.8 Å².